The van der Waals surface area contributed by atoms with E-state index in [9.17, 15) is 4.79 Å². The Bertz CT molecular complexity index is 456. The third-order valence-electron chi connectivity index (χ3n) is 2.13. The predicted molar refractivity (Wildman–Crippen MR) is 59.9 cm³/mol. The van der Waals surface area contributed by atoms with Gasteiger partial charge in [0.15, 0.2) is 0 Å². The number of aryl methyl sites for hydroxylation is 1. The molecule has 5 heteroatoms. The minimum atomic E-state index is -0.154. The number of benzene rings is 1. The highest BCUT2D eigenvalue weighted by molar-refractivity contribution is 6.34. The smallest absolute Gasteiger partial charge is 0.255 e. The maximum absolute atomic E-state index is 11.5. The van der Waals surface area contributed by atoms with E-state index in [1.807, 2.05) is 13.0 Å². The number of amidine groups is 1. The van der Waals surface area contributed by atoms with Crippen molar-refractivity contribution < 1.29 is 4.79 Å². The molecular formula is C10H10ClN3O. The Kier molecular flexibility index (Phi) is 2.36. The van der Waals surface area contributed by atoms with Gasteiger partial charge in [0, 0.05) is 0 Å². The molecule has 0 atom stereocenters. The summed E-state index contributed by atoms with van der Waals surface area (Å²) in [5.74, 6) is 0.162. The molecule has 1 aliphatic rings. The van der Waals surface area contributed by atoms with Crippen LogP contribution in [0.25, 0.3) is 0 Å². The Labute approximate surface area is 92.3 Å². The van der Waals surface area contributed by atoms with E-state index < -0.39 is 0 Å². The second kappa shape index (κ2) is 3.55. The lowest BCUT2D eigenvalue weighted by molar-refractivity contribution is -0.116. The fourth-order valence-electron chi connectivity index (χ4n) is 1.42. The van der Waals surface area contributed by atoms with Gasteiger partial charge in [-0.15, -0.1) is 0 Å². The molecule has 0 radical (unpaired) electrons. The topological polar surface area (TPSA) is 58.7 Å². The van der Waals surface area contributed by atoms with E-state index in [4.69, 9.17) is 17.3 Å². The zero-order valence-electron chi connectivity index (χ0n) is 8.20. The average molecular weight is 224 g/mol. The van der Waals surface area contributed by atoms with Gasteiger partial charge in [0.2, 0.25) is 0 Å². The number of nitrogens with two attached hydrogens (primary N) is 1. The molecule has 1 aromatic carbocycles. The molecule has 0 saturated carbocycles. The Morgan fingerprint density at radius 1 is 1.53 bits per heavy atom. The SMILES string of the molecule is Cc1ccc(N2N=C(N)CC2=O)c(Cl)c1. The van der Waals surface area contributed by atoms with Crippen LogP contribution in [0.1, 0.15) is 12.0 Å². The number of carbonyl (C=O) groups is 1. The lowest BCUT2D eigenvalue weighted by atomic mass is 10.2. The predicted octanol–water partition coefficient (Wildman–Crippen LogP) is 1.66. The van der Waals surface area contributed by atoms with Gasteiger partial charge in [-0.05, 0) is 24.6 Å². The second-order valence-electron chi connectivity index (χ2n) is 3.43. The summed E-state index contributed by atoms with van der Waals surface area (Å²) in [5, 5.41) is 5.67. The van der Waals surface area contributed by atoms with Gasteiger partial charge in [0.1, 0.15) is 5.84 Å². The van der Waals surface area contributed by atoms with Crippen LogP contribution in [-0.2, 0) is 4.79 Å². The van der Waals surface area contributed by atoms with Crippen molar-refractivity contribution in [1.82, 2.24) is 0 Å². The van der Waals surface area contributed by atoms with Crippen LogP contribution in [-0.4, -0.2) is 11.7 Å². The molecule has 2 rings (SSSR count). The number of nitrogens with zero attached hydrogens (tertiary/aromatic N) is 2. The van der Waals surface area contributed by atoms with Gasteiger partial charge in [-0.2, -0.15) is 10.1 Å². The van der Waals surface area contributed by atoms with Crippen molar-refractivity contribution in [1.29, 1.82) is 0 Å². The molecule has 1 aromatic rings. The van der Waals surface area contributed by atoms with Crippen molar-refractivity contribution in [3.05, 3.63) is 28.8 Å². The molecule has 1 amide bonds. The van der Waals surface area contributed by atoms with Crippen LogP contribution in [0.4, 0.5) is 5.69 Å². The second-order valence-corrected chi connectivity index (χ2v) is 3.84. The fraction of sp³-hybridized carbons (Fsp3) is 0.200. The Hall–Kier alpha value is -1.55. The number of rotatable bonds is 1. The third-order valence-corrected chi connectivity index (χ3v) is 2.43. The Morgan fingerprint density at radius 3 is 2.80 bits per heavy atom. The summed E-state index contributed by atoms with van der Waals surface area (Å²) in [6, 6.07) is 5.42. The standard InChI is InChI=1S/C10H10ClN3O/c1-6-2-3-8(7(11)4-6)14-10(15)5-9(12)13-14/h2-4H,5H2,1H3,(H2,12,13). The molecule has 1 aliphatic heterocycles. The number of amides is 1. The van der Waals surface area contributed by atoms with Gasteiger partial charge in [-0.25, -0.2) is 0 Å². The van der Waals surface area contributed by atoms with E-state index in [-0.39, 0.29) is 12.3 Å². The molecule has 0 saturated heterocycles. The van der Waals surface area contributed by atoms with Crippen LogP contribution in [0.2, 0.25) is 5.02 Å². The molecule has 0 bridgehead atoms. The number of halogens is 1. The van der Waals surface area contributed by atoms with E-state index in [1.165, 1.54) is 5.01 Å². The first-order valence-corrected chi connectivity index (χ1v) is 4.88. The van der Waals surface area contributed by atoms with Crippen molar-refractivity contribution in [3.63, 3.8) is 0 Å². The summed E-state index contributed by atoms with van der Waals surface area (Å²) in [6.45, 7) is 1.93. The summed E-state index contributed by atoms with van der Waals surface area (Å²) in [7, 11) is 0. The third kappa shape index (κ3) is 1.80. The highest BCUT2D eigenvalue weighted by Crippen LogP contribution is 2.29. The van der Waals surface area contributed by atoms with Gasteiger partial charge < -0.3 is 5.73 Å². The summed E-state index contributed by atoms with van der Waals surface area (Å²) in [5.41, 5.74) is 7.09. The fourth-order valence-corrected chi connectivity index (χ4v) is 1.74. The largest absolute Gasteiger partial charge is 0.385 e. The van der Waals surface area contributed by atoms with E-state index in [0.717, 1.165) is 5.56 Å². The first kappa shape index (κ1) is 9.98. The number of anilines is 1. The van der Waals surface area contributed by atoms with Crippen molar-refractivity contribution in [3.8, 4) is 0 Å². The summed E-state index contributed by atoms with van der Waals surface area (Å²) < 4.78 is 0. The van der Waals surface area contributed by atoms with Gasteiger partial charge in [0.05, 0.1) is 17.1 Å². The zero-order chi connectivity index (χ0) is 11.0. The van der Waals surface area contributed by atoms with Crippen LogP contribution >= 0.6 is 11.6 Å². The number of hydrazone groups is 1. The molecule has 4 nitrogen and oxygen atoms in total. The average Bonchev–Trinajstić information content (AvgIpc) is 2.45. The first-order chi connectivity index (χ1) is 7.08. The lowest BCUT2D eigenvalue weighted by Crippen LogP contribution is -2.20. The number of carbonyl (C=O) groups excluding carboxylic acids is 1. The molecule has 1 heterocycles. The molecule has 15 heavy (non-hydrogen) atoms. The maximum Gasteiger partial charge on any atom is 0.255 e. The molecule has 78 valence electrons. The van der Waals surface area contributed by atoms with Crippen LogP contribution in [0.15, 0.2) is 23.3 Å². The normalized spacial score (nSPS) is 15.7. The highest BCUT2D eigenvalue weighted by Gasteiger charge is 2.24. The minimum Gasteiger partial charge on any atom is -0.385 e. The molecular weight excluding hydrogens is 214 g/mol. The van der Waals surface area contributed by atoms with Crippen molar-refractivity contribution in [2.45, 2.75) is 13.3 Å². The number of hydrogen-bond donors (Lipinski definition) is 1. The molecule has 0 fully saturated rings. The van der Waals surface area contributed by atoms with E-state index in [1.54, 1.807) is 12.1 Å². The van der Waals surface area contributed by atoms with E-state index in [0.29, 0.717) is 16.5 Å². The molecule has 2 N–H and O–H groups in total. The first-order valence-electron chi connectivity index (χ1n) is 4.50. The molecule has 0 unspecified atom stereocenters. The molecule has 0 aromatic heterocycles. The number of hydrogen-bond acceptors (Lipinski definition) is 3. The van der Waals surface area contributed by atoms with Crippen molar-refractivity contribution in [2.75, 3.05) is 5.01 Å². The van der Waals surface area contributed by atoms with Gasteiger partial charge in [0.25, 0.3) is 5.91 Å². The van der Waals surface area contributed by atoms with Crippen molar-refractivity contribution in [2.24, 2.45) is 10.8 Å². The van der Waals surface area contributed by atoms with Gasteiger partial charge in [-0.3, -0.25) is 4.79 Å². The monoisotopic (exact) mass is 223 g/mol. The summed E-state index contributed by atoms with van der Waals surface area (Å²) >= 11 is 6.02. The lowest BCUT2D eigenvalue weighted by Gasteiger charge is -2.13. The van der Waals surface area contributed by atoms with Crippen molar-refractivity contribution >= 4 is 29.0 Å². The highest BCUT2D eigenvalue weighted by atomic mass is 35.5. The maximum atomic E-state index is 11.5. The zero-order valence-corrected chi connectivity index (χ0v) is 8.95. The molecule has 0 spiro atoms. The minimum absolute atomic E-state index is 0.154. The Balaban J connectivity index is 2.42. The molecule has 0 aliphatic carbocycles. The van der Waals surface area contributed by atoms with Gasteiger partial charge in [-0.1, -0.05) is 17.7 Å². The van der Waals surface area contributed by atoms with Crippen LogP contribution in [0.3, 0.4) is 0 Å². The van der Waals surface area contributed by atoms with E-state index in [2.05, 4.69) is 5.10 Å². The van der Waals surface area contributed by atoms with Gasteiger partial charge >= 0.3 is 0 Å². The Morgan fingerprint density at radius 2 is 2.27 bits per heavy atom. The van der Waals surface area contributed by atoms with Crippen LogP contribution in [0, 0.1) is 6.92 Å². The summed E-state index contributed by atoms with van der Waals surface area (Å²) in [6.07, 6.45) is 0.157. The van der Waals surface area contributed by atoms with E-state index >= 15 is 0 Å². The summed E-state index contributed by atoms with van der Waals surface area (Å²) in [4.78, 5) is 11.5. The van der Waals surface area contributed by atoms with Crippen LogP contribution in [0.5, 0.6) is 0 Å². The quantitative estimate of drug-likeness (QED) is 0.787. The van der Waals surface area contributed by atoms with Crippen LogP contribution < -0.4 is 10.7 Å².